The van der Waals surface area contributed by atoms with E-state index < -0.39 is 0 Å². The summed E-state index contributed by atoms with van der Waals surface area (Å²) >= 11 is 5.03. The number of nitrogens with two attached hydrogens (primary N) is 1. The molecule has 0 amide bonds. The van der Waals surface area contributed by atoms with Gasteiger partial charge in [-0.05, 0) is 30.5 Å². The topological polar surface area (TPSA) is 38.9 Å². The van der Waals surface area contributed by atoms with Gasteiger partial charge in [0.2, 0.25) is 0 Å². The van der Waals surface area contributed by atoms with Gasteiger partial charge < -0.3 is 5.73 Å². The molecule has 1 aromatic heterocycles. The van der Waals surface area contributed by atoms with Gasteiger partial charge in [-0.15, -0.1) is 11.3 Å². The van der Waals surface area contributed by atoms with E-state index in [-0.39, 0.29) is 0 Å². The van der Waals surface area contributed by atoms with Crippen LogP contribution in [-0.4, -0.2) is 4.98 Å². The Labute approximate surface area is 101 Å². The lowest BCUT2D eigenvalue weighted by atomic mass is 10.1. The zero-order chi connectivity index (χ0) is 10.7. The van der Waals surface area contributed by atoms with E-state index in [0.29, 0.717) is 5.13 Å². The fourth-order valence-corrected chi connectivity index (χ4v) is 2.53. The number of halogens is 1. The van der Waals surface area contributed by atoms with E-state index in [9.17, 15) is 0 Å². The number of aromatic nitrogens is 1. The number of benzene rings is 1. The van der Waals surface area contributed by atoms with E-state index in [4.69, 9.17) is 5.73 Å². The molecule has 0 unspecified atom stereocenters. The van der Waals surface area contributed by atoms with Crippen molar-refractivity contribution in [3.05, 3.63) is 45.4 Å². The first kappa shape index (κ1) is 10.6. The number of rotatable bonds is 3. The van der Waals surface area contributed by atoms with Crippen molar-refractivity contribution in [1.29, 1.82) is 0 Å². The Kier molecular flexibility index (Phi) is 3.38. The molecule has 0 radical (unpaired) electrons. The van der Waals surface area contributed by atoms with Gasteiger partial charge in [0.05, 0.1) is 0 Å². The molecule has 1 aromatic carbocycles. The Morgan fingerprint density at radius 2 is 2.20 bits per heavy atom. The average Bonchev–Trinajstić information content (AvgIpc) is 2.62. The minimum absolute atomic E-state index is 0.652. The lowest BCUT2D eigenvalue weighted by Crippen LogP contribution is -1.88. The maximum atomic E-state index is 5.57. The second-order valence-electron chi connectivity index (χ2n) is 3.29. The van der Waals surface area contributed by atoms with Crippen molar-refractivity contribution >= 4 is 32.4 Å². The minimum atomic E-state index is 0.652. The summed E-state index contributed by atoms with van der Waals surface area (Å²) in [5.74, 6) is 0. The molecule has 0 fully saturated rings. The van der Waals surface area contributed by atoms with Crippen LogP contribution in [0.4, 0.5) is 5.13 Å². The molecule has 2 aromatic rings. The van der Waals surface area contributed by atoms with Gasteiger partial charge in [-0.2, -0.15) is 0 Å². The lowest BCUT2D eigenvalue weighted by molar-refractivity contribution is 0.975. The van der Waals surface area contributed by atoms with E-state index in [1.807, 2.05) is 12.3 Å². The Morgan fingerprint density at radius 3 is 2.87 bits per heavy atom. The largest absolute Gasteiger partial charge is 0.375 e. The fourth-order valence-electron chi connectivity index (χ4n) is 1.40. The van der Waals surface area contributed by atoms with Crippen LogP contribution in [0.1, 0.15) is 10.4 Å². The van der Waals surface area contributed by atoms with Crippen molar-refractivity contribution in [2.45, 2.75) is 12.8 Å². The highest BCUT2D eigenvalue weighted by Gasteiger charge is 2.00. The van der Waals surface area contributed by atoms with E-state index in [1.54, 1.807) is 11.3 Å². The van der Waals surface area contributed by atoms with Crippen LogP contribution in [0.2, 0.25) is 0 Å². The third-order valence-corrected chi connectivity index (χ3v) is 3.50. The van der Waals surface area contributed by atoms with Crippen molar-refractivity contribution < 1.29 is 0 Å². The summed E-state index contributed by atoms with van der Waals surface area (Å²) in [7, 11) is 0. The molecular weight excluding hydrogens is 272 g/mol. The molecule has 0 aliphatic rings. The van der Waals surface area contributed by atoms with Gasteiger partial charge in [0.15, 0.2) is 5.13 Å². The SMILES string of the molecule is Nc1ncc(CCc2cccc(Br)c2)s1. The van der Waals surface area contributed by atoms with Crippen LogP contribution in [0.25, 0.3) is 0 Å². The quantitative estimate of drug-likeness (QED) is 0.939. The summed E-state index contributed by atoms with van der Waals surface area (Å²) in [6.07, 6.45) is 3.89. The smallest absolute Gasteiger partial charge is 0.180 e. The molecule has 2 N–H and O–H groups in total. The van der Waals surface area contributed by atoms with E-state index in [1.165, 1.54) is 10.4 Å². The van der Waals surface area contributed by atoms with E-state index >= 15 is 0 Å². The minimum Gasteiger partial charge on any atom is -0.375 e. The highest BCUT2D eigenvalue weighted by molar-refractivity contribution is 9.10. The standard InChI is InChI=1S/C11H11BrN2S/c12-9-3-1-2-8(6-9)4-5-10-7-14-11(13)15-10/h1-3,6-7H,4-5H2,(H2,13,14). The van der Waals surface area contributed by atoms with Crippen LogP contribution in [0, 0.1) is 0 Å². The molecule has 0 saturated carbocycles. The summed E-state index contributed by atoms with van der Waals surface area (Å²) in [5, 5.41) is 0.652. The zero-order valence-corrected chi connectivity index (χ0v) is 10.5. The maximum absolute atomic E-state index is 5.57. The lowest BCUT2D eigenvalue weighted by Gasteiger charge is -1.99. The molecular formula is C11H11BrN2S. The van der Waals surface area contributed by atoms with Crippen molar-refractivity contribution in [2.75, 3.05) is 5.73 Å². The normalized spacial score (nSPS) is 10.5. The van der Waals surface area contributed by atoms with Crippen LogP contribution < -0.4 is 5.73 Å². The molecule has 78 valence electrons. The number of nitrogen functional groups attached to an aromatic ring is 1. The number of nitrogens with zero attached hydrogens (tertiary/aromatic N) is 1. The first-order valence-corrected chi connectivity index (χ1v) is 6.29. The molecule has 0 spiro atoms. The number of aryl methyl sites for hydroxylation is 2. The van der Waals surface area contributed by atoms with Gasteiger partial charge in [-0.3, -0.25) is 0 Å². The number of anilines is 1. The molecule has 4 heteroatoms. The van der Waals surface area contributed by atoms with Gasteiger partial charge in [-0.1, -0.05) is 28.1 Å². The molecule has 2 nitrogen and oxygen atoms in total. The molecule has 0 aliphatic carbocycles. The van der Waals surface area contributed by atoms with E-state index in [0.717, 1.165) is 17.3 Å². The van der Waals surface area contributed by atoms with Gasteiger partial charge in [0.1, 0.15) is 0 Å². The Hall–Kier alpha value is -0.870. The second-order valence-corrected chi connectivity index (χ2v) is 5.36. The molecule has 1 heterocycles. The summed E-state index contributed by atoms with van der Waals surface area (Å²) in [6, 6.07) is 8.37. The Balaban J connectivity index is 1.99. The molecule has 0 bridgehead atoms. The maximum Gasteiger partial charge on any atom is 0.180 e. The predicted molar refractivity (Wildman–Crippen MR) is 68.1 cm³/mol. The molecule has 2 rings (SSSR count). The van der Waals surface area contributed by atoms with Crippen molar-refractivity contribution in [2.24, 2.45) is 0 Å². The van der Waals surface area contributed by atoms with Gasteiger partial charge >= 0.3 is 0 Å². The number of hydrogen-bond donors (Lipinski definition) is 1. The molecule has 0 aliphatic heterocycles. The highest BCUT2D eigenvalue weighted by atomic mass is 79.9. The summed E-state index contributed by atoms with van der Waals surface area (Å²) in [6.45, 7) is 0. The van der Waals surface area contributed by atoms with Gasteiger partial charge in [0, 0.05) is 15.5 Å². The van der Waals surface area contributed by atoms with Crippen LogP contribution >= 0.6 is 27.3 Å². The molecule has 15 heavy (non-hydrogen) atoms. The van der Waals surface area contributed by atoms with Crippen LogP contribution in [0.3, 0.4) is 0 Å². The van der Waals surface area contributed by atoms with E-state index in [2.05, 4.69) is 39.1 Å². The number of hydrogen-bond acceptors (Lipinski definition) is 3. The van der Waals surface area contributed by atoms with Crippen LogP contribution in [-0.2, 0) is 12.8 Å². The molecule has 0 saturated heterocycles. The average molecular weight is 283 g/mol. The summed E-state index contributed by atoms with van der Waals surface area (Å²) in [4.78, 5) is 5.28. The third kappa shape index (κ3) is 3.04. The van der Waals surface area contributed by atoms with Crippen molar-refractivity contribution in [3.63, 3.8) is 0 Å². The zero-order valence-electron chi connectivity index (χ0n) is 8.11. The third-order valence-electron chi connectivity index (χ3n) is 2.12. The van der Waals surface area contributed by atoms with Gasteiger partial charge in [-0.25, -0.2) is 4.98 Å². The fraction of sp³-hybridized carbons (Fsp3) is 0.182. The van der Waals surface area contributed by atoms with Crippen molar-refractivity contribution in [3.8, 4) is 0 Å². The first-order valence-electron chi connectivity index (χ1n) is 4.68. The Bertz CT molecular complexity index is 453. The van der Waals surface area contributed by atoms with Crippen LogP contribution in [0.15, 0.2) is 34.9 Å². The summed E-state index contributed by atoms with van der Waals surface area (Å²) < 4.78 is 1.13. The van der Waals surface area contributed by atoms with Gasteiger partial charge in [0.25, 0.3) is 0 Å². The predicted octanol–water partition coefficient (Wildman–Crippen LogP) is 3.27. The number of thiazole rings is 1. The van der Waals surface area contributed by atoms with Crippen molar-refractivity contribution in [1.82, 2.24) is 4.98 Å². The second kappa shape index (κ2) is 4.77. The first-order chi connectivity index (χ1) is 7.24. The highest BCUT2D eigenvalue weighted by Crippen LogP contribution is 2.18. The Morgan fingerprint density at radius 1 is 1.33 bits per heavy atom. The molecule has 0 atom stereocenters. The monoisotopic (exact) mass is 282 g/mol. The van der Waals surface area contributed by atoms with Crippen LogP contribution in [0.5, 0.6) is 0 Å². The summed E-state index contributed by atoms with van der Waals surface area (Å²) in [5.41, 5.74) is 6.90.